The highest BCUT2D eigenvalue weighted by Crippen LogP contribution is 2.36. The second kappa shape index (κ2) is 9.70. The Balaban J connectivity index is 1.42. The lowest BCUT2D eigenvalue weighted by atomic mass is 10.1. The van der Waals surface area contributed by atoms with E-state index in [0.717, 1.165) is 0 Å². The predicted molar refractivity (Wildman–Crippen MR) is 126 cm³/mol. The van der Waals surface area contributed by atoms with Gasteiger partial charge in [0.15, 0.2) is 30.0 Å². The van der Waals surface area contributed by atoms with Crippen LogP contribution in [0, 0.1) is 6.92 Å². The number of aryl methyl sites for hydroxylation is 1. The lowest BCUT2D eigenvalue weighted by Gasteiger charge is -2.19. The summed E-state index contributed by atoms with van der Waals surface area (Å²) >= 11 is 0. The van der Waals surface area contributed by atoms with Crippen LogP contribution in [0.15, 0.2) is 67.0 Å². The number of nitrogen functional groups attached to an aromatic ring is 1. The zero-order valence-electron chi connectivity index (χ0n) is 19.2. The molecule has 4 aromatic rings. The first kappa shape index (κ1) is 23.4. The van der Waals surface area contributed by atoms with Gasteiger partial charge < -0.3 is 19.9 Å². The Morgan fingerprint density at radius 1 is 1.03 bits per heavy atom. The van der Waals surface area contributed by atoms with Crippen LogP contribution >= 0.6 is 0 Å². The number of nitrogens with zero attached hydrogens (tertiary/aromatic N) is 4. The highest BCUT2D eigenvalue weighted by molar-refractivity contribution is 5.90. The van der Waals surface area contributed by atoms with Crippen LogP contribution in [-0.4, -0.2) is 56.4 Å². The molecule has 184 valence electrons. The molecule has 0 amide bonds. The molecular formula is C25H22FN5O5. The molecule has 36 heavy (non-hydrogen) atoms. The SMILES string of the molecule is Cc1nc(N)c2ncn(C3OC(COC(=O)c4ccccc4)C(OC(=O)c4ccccc4)[C@H]3F)c2n1. The van der Waals surface area contributed by atoms with Crippen molar-refractivity contribution in [3.63, 3.8) is 0 Å². The number of hydrogen-bond donors (Lipinski definition) is 1. The van der Waals surface area contributed by atoms with Crippen molar-refractivity contribution in [1.29, 1.82) is 0 Å². The number of anilines is 1. The number of halogens is 1. The molecule has 1 aliphatic rings. The van der Waals surface area contributed by atoms with Crippen molar-refractivity contribution in [2.75, 3.05) is 12.3 Å². The van der Waals surface area contributed by atoms with E-state index in [2.05, 4.69) is 15.0 Å². The average Bonchev–Trinajstić information content (AvgIpc) is 3.44. The van der Waals surface area contributed by atoms with E-state index in [9.17, 15) is 9.59 Å². The molecule has 11 heteroatoms. The number of carbonyl (C=O) groups is 2. The molecule has 10 nitrogen and oxygen atoms in total. The lowest BCUT2D eigenvalue weighted by Crippen LogP contribution is -2.37. The van der Waals surface area contributed by atoms with Gasteiger partial charge in [-0.1, -0.05) is 36.4 Å². The summed E-state index contributed by atoms with van der Waals surface area (Å²) in [6.07, 6.45) is -4.22. The summed E-state index contributed by atoms with van der Waals surface area (Å²) in [6, 6.07) is 16.5. The topological polar surface area (TPSA) is 131 Å². The van der Waals surface area contributed by atoms with E-state index in [4.69, 9.17) is 19.9 Å². The fourth-order valence-corrected chi connectivity index (χ4v) is 4.01. The molecule has 1 saturated heterocycles. The summed E-state index contributed by atoms with van der Waals surface area (Å²) in [5.74, 6) is -0.833. The Hall–Kier alpha value is -4.38. The van der Waals surface area contributed by atoms with Crippen molar-refractivity contribution in [1.82, 2.24) is 19.5 Å². The highest BCUT2D eigenvalue weighted by Gasteiger charge is 2.50. The molecule has 0 spiro atoms. The Morgan fingerprint density at radius 3 is 2.33 bits per heavy atom. The fourth-order valence-electron chi connectivity index (χ4n) is 4.01. The minimum atomic E-state index is -1.83. The second-order valence-electron chi connectivity index (χ2n) is 8.19. The van der Waals surface area contributed by atoms with Gasteiger partial charge in [-0.15, -0.1) is 0 Å². The molecule has 3 heterocycles. The van der Waals surface area contributed by atoms with Crippen molar-refractivity contribution in [2.24, 2.45) is 0 Å². The van der Waals surface area contributed by atoms with Gasteiger partial charge >= 0.3 is 11.9 Å². The minimum Gasteiger partial charge on any atom is -0.459 e. The zero-order valence-corrected chi connectivity index (χ0v) is 19.2. The maximum Gasteiger partial charge on any atom is 0.338 e. The minimum absolute atomic E-state index is 0.144. The highest BCUT2D eigenvalue weighted by atomic mass is 19.1. The van der Waals surface area contributed by atoms with Gasteiger partial charge in [0.2, 0.25) is 0 Å². The Kier molecular flexibility index (Phi) is 6.30. The molecule has 0 bridgehead atoms. The Bertz CT molecular complexity index is 1400. The number of ether oxygens (including phenoxy) is 3. The van der Waals surface area contributed by atoms with Crippen molar-refractivity contribution in [3.05, 3.63) is 83.9 Å². The molecule has 0 aliphatic carbocycles. The summed E-state index contributed by atoms with van der Waals surface area (Å²) < 4.78 is 34.1. The van der Waals surface area contributed by atoms with Gasteiger partial charge in [0.1, 0.15) is 24.1 Å². The van der Waals surface area contributed by atoms with Crippen LogP contribution in [-0.2, 0) is 14.2 Å². The number of imidazole rings is 1. The number of carbonyl (C=O) groups excluding carboxylic acids is 2. The van der Waals surface area contributed by atoms with Gasteiger partial charge in [-0.05, 0) is 31.2 Å². The summed E-state index contributed by atoms with van der Waals surface area (Å²) in [5, 5.41) is 0. The van der Waals surface area contributed by atoms with Crippen LogP contribution < -0.4 is 5.73 Å². The third-order valence-electron chi connectivity index (χ3n) is 5.74. The molecule has 2 aromatic heterocycles. The fraction of sp³-hybridized carbons (Fsp3) is 0.240. The van der Waals surface area contributed by atoms with Crippen LogP contribution in [0.3, 0.4) is 0 Å². The molecule has 2 N–H and O–H groups in total. The van der Waals surface area contributed by atoms with Crippen LogP contribution in [0.4, 0.5) is 10.2 Å². The second-order valence-corrected chi connectivity index (χ2v) is 8.19. The number of nitrogens with two attached hydrogens (primary N) is 1. The van der Waals surface area contributed by atoms with E-state index in [0.29, 0.717) is 11.4 Å². The van der Waals surface area contributed by atoms with E-state index >= 15 is 4.39 Å². The normalized spacial score (nSPS) is 21.4. The monoisotopic (exact) mass is 491 g/mol. The first-order chi connectivity index (χ1) is 17.4. The van der Waals surface area contributed by atoms with Gasteiger partial charge in [-0.2, -0.15) is 0 Å². The van der Waals surface area contributed by atoms with Gasteiger partial charge in [-0.3, -0.25) is 4.57 Å². The number of benzene rings is 2. The molecule has 3 unspecified atom stereocenters. The molecule has 2 aromatic carbocycles. The molecule has 4 atom stereocenters. The van der Waals surface area contributed by atoms with Crippen molar-refractivity contribution in [3.8, 4) is 0 Å². The average molecular weight is 491 g/mol. The Morgan fingerprint density at radius 2 is 1.67 bits per heavy atom. The number of alkyl halides is 1. The quantitative estimate of drug-likeness (QED) is 0.404. The summed E-state index contributed by atoms with van der Waals surface area (Å²) in [4.78, 5) is 37.8. The van der Waals surface area contributed by atoms with Gasteiger partial charge in [-0.25, -0.2) is 28.9 Å². The largest absolute Gasteiger partial charge is 0.459 e. The summed E-state index contributed by atoms with van der Waals surface area (Å²) in [5.41, 5.74) is 7.06. The standard InChI is InChI=1S/C25H22FN5O5/c1-14-29-21(27)19-22(30-14)31(13-28-19)23-18(26)20(36-25(33)16-10-6-3-7-11-16)17(35-23)12-34-24(32)15-8-4-2-5-9-15/h2-11,13,17-18,20,23H,12H2,1H3,(H2,27,29,30)/t17?,18-,20?,23?/m1/s1. The number of aromatic nitrogens is 4. The van der Waals surface area contributed by atoms with E-state index in [-0.39, 0.29) is 29.2 Å². The lowest BCUT2D eigenvalue weighted by molar-refractivity contribution is -0.0570. The third-order valence-corrected chi connectivity index (χ3v) is 5.74. The zero-order chi connectivity index (χ0) is 25.2. The first-order valence-electron chi connectivity index (χ1n) is 11.2. The van der Waals surface area contributed by atoms with Gasteiger partial charge in [0.05, 0.1) is 17.5 Å². The van der Waals surface area contributed by atoms with E-state index in [1.54, 1.807) is 67.6 Å². The molecule has 1 aliphatic heterocycles. The van der Waals surface area contributed by atoms with E-state index in [1.807, 2.05) is 0 Å². The number of fused-ring (bicyclic) bond motifs is 1. The predicted octanol–water partition coefficient (Wildman–Crippen LogP) is 3.04. The van der Waals surface area contributed by atoms with E-state index < -0.39 is 36.5 Å². The molecule has 1 fully saturated rings. The maximum absolute atomic E-state index is 15.9. The van der Waals surface area contributed by atoms with Gasteiger partial charge in [0, 0.05) is 0 Å². The molecule has 0 radical (unpaired) electrons. The van der Waals surface area contributed by atoms with Crippen LogP contribution in [0.25, 0.3) is 11.2 Å². The van der Waals surface area contributed by atoms with Crippen LogP contribution in [0.2, 0.25) is 0 Å². The third kappa shape index (κ3) is 4.48. The molecule has 0 saturated carbocycles. The molecule has 5 rings (SSSR count). The number of hydrogen-bond acceptors (Lipinski definition) is 9. The van der Waals surface area contributed by atoms with Crippen molar-refractivity contribution < 1.29 is 28.2 Å². The van der Waals surface area contributed by atoms with Gasteiger partial charge in [0.25, 0.3) is 0 Å². The summed E-state index contributed by atoms with van der Waals surface area (Å²) in [6.45, 7) is 1.30. The van der Waals surface area contributed by atoms with Crippen molar-refractivity contribution in [2.45, 2.75) is 31.5 Å². The van der Waals surface area contributed by atoms with Crippen LogP contribution in [0.5, 0.6) is 0 Å². The maximum atomic E-state index is 15.9. The summed E-state index contributed by atoms with van der Waals surface area (Å²) in [7, 11) is 0. The van der Waals surface area contributed by atoms with Crippen LogP contribution in [0.1, 0.15) is 32.8 Å². The Labute approximate surface area is 204 Å². The van der Waals surface area contributed by atoms with Crippen molar-refractivity contribution >= 4 is 28.9 Å². The smallest absolute Gasteiger partial charge is 0.338 e. The van der Waals surface area contributed by atoms with E-state index in [1.165, 1.54) is 10.9 Å². The first-order valence-corrected chi connectivity index (χ1v) is 11.2. The number of esters is 2. The number of rotatable bonds is 6. The molecular weight excluding hydrogens is 469 g/mol.